The third kappa shape index (κ3) is 65.4. The molecule has 0 rings (SSSR count). The molecule has 0 aromatic carbocycles. The van der Waals surface area contributed by atoms with Crippen LogP contribution in [0.5, 0.6) is 0 Å². The maximum atomic E-state index is 13.6. The summed E-state index contributed by atoms with van der Waals surface area (Å²) in [6.45, 7) is 6.73. The number of likely N-dealkylation sites (N-methyl/N-ethyl adjacent to an activating group) is 1. The zero-order valence-electron chi connectivity index (χ0n) is 57.0. The lowest BCUT2D eigenvalue weighted by Gasteiger charge is -2.30. The SMILES string of the molecule is CC/C=C\C/C=C\C/C=C\C/C=C\C/C=C\C/C=C\CCCCCCC(=O)OC(/C=C/CCCCCCCCCCCC)C(COP(=O)([O-])OCC[N+](C)(C)C)NC(=O)CCCCCCCCCCCCCCCCC/C=C/CCCCCCCC. The van der Waals surface area contributed by atoms with E-state index < -0.39 is 26.6 Å². The van der Waals surface area contributed by atoms with Gasteiger partial charge in [0.2, 0.25) is 5.91 Å². The van der Waals surface area contributed by atoms with Gasteiger partial charge in [-0.05, 0) is 109 Å². The van der Waals surface area contributed by atoms with Crippen LogP contribution in [-0.4, -0.2) is 69.4 Å². The van der Waals surface area contributed by atoms with Gasteiger partial charge in [-0.15, -0.1) is 0 Å². The smallest absolute Gasteiger partial charge is 0.306 e. The fourth-order valence-corrected chi connectivity index (χ4v) is 11.0. The van der Waals surface area contributed by atoms with E-state index in [1.54, 1.807) is 0 Å². The van der Waals surface area contributed by atoms with Crippen LogP contribution >= 0.6 is 7.82 Å². The van der Waals surface area contributed by atoms with E-state index in [9.17, 15) is 19.0 Å². The second kappa shape index (κ2) is 64.9. The summed E-state index contributed by atoms with van der Waals surface area (Å²) in [4.78, 5) is 40.2. The van der Waals surface area contributed by atoms with Crippen LogP contribution in [-0.2, 0) is 27.9 Å². The minimum absolute atomic E-state index is 0.0297. The van der Waals surface area contributed by atoms with Gasteiger partial charge in [-0.1, -0.05) is 298 Å². The zero-order chi connectivity index (χ0) is 62.8. The topological polar surface area (TPSA) is 114 Å². The van der Waals surface area contributed by atoms with Gasteiger partial charge in [0.15, 0.2) is 0 Å². The second-order valence-corrected chi connectivity index (χ2v) is 26.8. The maximum Gasteiger partial charge on any atom is 0.306 e. The number of hydrogen-bond acceptors (Lipinski definition) is 7. The number of unbranched alkanes of at least 4 members (excludes halogenated alkanes) is 35. The van der Waals surface area contributed by atoms with Crippen LogP contribution in [0.3, 0.4) is 0 Å². The van der Waals surface area contributed by atoms with Crippen LogP contribution in [0.2, 0.25) is 0 Å². The van der Waals surface area contributed by atoms with Gasteiger partial charge < -0.3 is 28.5 Å². The average molecular weight is 1220 g/mol. The Morgan fingerprint density at radius 2 is 0.744 bits per heavy atom. The van der Waals surface area contributed by atoms with E-state index >= 15 is 0 Å². The summed E-state index contributed by atoms with van der Waals surface area (Å²) in [7, 11) is 1.17. The standard InChI is InChI=1S/C76H137N2O7P/c1-7-10-13-16-19-22-25-28-30-32-34-36-38-39-41-42-44-46-48-50-53-56-59-62-65-68-75(79)77-73(72-84-86(81,82)83-71-70-78(4,5)6)74(67-64-61-58-55-52-27-24-21-18-15-12-9-3)85-76(80)69-66-63-60-57-54-51-49-47-45-43-40-37-35-33-31-29-26-23-20-17-14-11-8-2/h11,14,20,23,28-31,35,37,43,45,49,51,64,67,73-74H,7-10,12-13,15-19,21-22,24-27,32-34,36,38-42,44,46-48,50,52-63,65-66,68-72H2,1-6H3,(H-,77,79,81,82)/b14-11-,23-20-,30-28+,31-29-,37-35-,45-43-,51-49-,67-64+. The molecule has 0 heterocycles. The van der Waals surface area contributed by atoms with Crippen molar-refractivity contribution in [1.82, 2.24) is 5.32 Å². The molecule has 0 aromatic heterocycles. The van der Waals surface area contributed by atoms with E-state index in [1.807, 2.05) is 33.3 Å². The minimum atomic E-state index is -4.72. The molecule has 0 aliphatic carbocycles. The molecule has 3 atom stereocenters. The Morgan fingerprint density at radius 1 is 0.419 bits per heavy atom. The maximum absolute atomic E-state index is 13.6. The van der Waals surface area contributed by atoms with Gasteiger partial charge in [-0.25, -0.2) is 0 Å². The summed E-state index contributed by atoms with van der Waals surface area (Å²) in [5.41, 5.74) is 0. The van der Waals surface area contributed by atoms with Crippen LogP contribution < -0.4 is 10.2 Å². The molecule has 3 unspecified atom stereocenters. The highest BCUT2D eigenvalue weighted by molar-refractivity contribution is 7.45. The normalized spacial score (nSPS) is 14.1. The monoisotopic (exact) mass is 1220 g/mol. The molecule has 0 aromatic rings. The number of nitrogens with one attached hydrogen (secondary N) is 1. The number of rotatable bonds is 65. The number of hydrogen-bond donors (Lipinski definition) is 1. The van der Waals surface area contributed by atoms with Crippen molar-refractivity contribution >= 4 is 19.7 Å². The van der Waals surface area contributed by atoms with Gasteiger partial charge in [-0.2, -0.15) is 0 Å². The van der Waals surface area contributed by atoms with E-state index in [2.05, 4.69) is 111 Å². The van der Waals surface area contributed by atoms with E-state index in [-0.39, 0.29) is 24.9 Å². The summed E-state index contributed by atoms with van der Waals surface area (Å²) >= 11 is 0. The van der Waals surface area contributed by atoms with Crippen LogP contribution in [0.1, 0.15) is 323 Å². The second-order valence-electron chi connectivity index (χ2n) is 25.4. The van der Waals surface area contributed by atoms with Crippen molar-refractivity contribution in [2.75, 3.05) is 40.9 Å². The molecule has 0 aliphatic rings. The molecule has 0 aliphatic heterocycles. The lowest BCUT2D eigenvalue weighted by Crippen LogP contribution is -2.47. The molecule has 0 saturated carbocycles. The number of allylic oxidation sites excluding steroid dienone is 15. The Kier molecular flexibility index (Phi) is 62.6. The Labute approximate surface area is 532 Å². The fraction of sp³-hybridized carbons (Fsp3) is 0.763. The van der Waals surface area contributed by atoms with Crippen molar-refractivity contribution in [2.45, 2.75) is 335 Å². The first-order chi connectivity index (χ1) is 41.9. The van der Waals surface area contributed by atoms with Gasteiger partial charge in [0.25, 0.3) is 7.82 Å². The van der Waals surface area contributed by atoms with Gasteiger partial charge in [0.05, 0.1) is 33.8 Å². The number of esters is 1. The van der Waals surface area contributed by atoms with Crippen molar-refractivity contribution in [3.63, 3.8) is 0 Å². The Morgan fingerprint density at radius 3 is 1.13 bits per heavy atom. The third-order valence-corrected chi connectivity index (χ3v) is 16.7. The van der Waals surface area contributed by atoms with Crippen molar-refractivity contribution in [3.8, 4) is 0 Å². The molecule has 0 fully saturated rings. The van der Waals surface area contributed by atoms with E-state index in [4.69, 9.17) is 13.8 Å². The molecule has 9 nitrogen and oxygen atoms in total. The Bertz CT molecular complexity index is 1790. The molecule has 1 amide bonds. The number of carbonyl (C=O) groups excluding carboxylic acids is 2. The molecule has 1 N–H and O–H groups in total. The van der Waals surface area contributed by atoms with Crippen molar-refractivity contribution in [2.24, 2.45) is 0 Å². The lowest BCUT2D eigenvalue weighted by atomic mass is 10.0. The van der Waals surface area contributed by atoms with Crippen LogP contribution in [0.4, 0.5) is 0 Å². The molecule has 0 bridgehead atoms. The summed E-state index contributed by atoms with van der Waals surface area (Å²) < 4.78 is 30.4. The third-order valence-electron chi connectivity index (χ3n) is 15.7. The number of carbonyl (C=O) groups is 2. The summed E-state index contributed by atoms with van der Waals surface area (Å²) in [5, 5.41) is 3.04. The first-order valence-electron chi connectivity index (χ1n) is 36.0. The lowest BCUT2D eigenvalue weighted by molar-refractivity contribution is -0.870. The first kappa shape index (κ1) is 82.9. The van der Waals surface area contributed by atoms with E-state index in [1.165, 1.54) is 180 Å². The predicted octanol–water partition coefficient (Wildman–Crippen LogP) is 22.4. The van der Waals surface area contributed by atoms with Crippen LogP contribution in [0.25, 0.3) is 0 Å². The van der Waals surface area contributed by atoms with Crippen molar-refractivity contribution in [3.05, 3.63) is 97.2 Å². The van der Waals surface area contributed by atoms with E-state index in [0.29, 0.717) is 23.9 Å². The summed E-state index contributed by atoms with van der Waals surface area (Å²) in [6.07, 6.45) is 88.2. The Hall–Kier alpha value is -3.07. The molecule has 0 saturated heterocycles. The number of quaternary nitrogens is 1. The number of amides is 1. The molecule has 0 spiro atoms. The van der Waals surface area contributed by atoms with Gasteiger partial charge in [-0.3, -0.25) is 14.2 Å². The highest BCUT2D eigenvalue weighted by atomic mass is 31.2. The van der Waals surface area contributed by atoms with Gasteiger partial charge >= 0.3 is 5.97 Å². The highest BCUT2D eigenvalue weighted by Gasteiger charge is 2.27. The number of ether oxygens (including phenoxy) is 1. The predicted molar refractivity (Wildman–Crippen MR) is 371 cm³/mol. The summed E-state index contributed by atoms with van der Waals surface area (Å²) in [6, 6.07) is -0.905. The molecule has 86 heavy (non-hydrogen) atoms. The number of nitrogens with zero attached hydrogens (tertiary/aromatic N) is 1. The van der Waals surface area contributed by atoms with Crippen LogP contribution in [0, 0.1) is 0 Å². The quantitative estimate of drug-likeness (QED) is 0.0212. The number of phosphoric acid groups is 1. The summed E-state index contributed by atoms with van der Waals surface area (Å²) in [5.74, 6) is -0.565. The van der Waals surface area contributed by atoms with E-state index in [0.717, 1.165) is 103 Å². The Balaban J connectivity index is 5.10. The van der Waals surface area contributed by atoms with Gasteiger partial charge in [0, 0.05) is 12.8 Å². The highest BCUT2D eigenvalue weighted by Crippen LogP contribution is 2.38. The van der Waals surface area contributed by atoms with Crippen LogP contribution in [0.15, 0.2) is 97.2 Å². The average Bonchev–Trinajstić information content (AvgIpc) is 3.69. The van der Waals surface area contributed by atoms with Crippen molar-refractivity contribution < 1.29 is 37.3 Å². The van der Waals surface area contributed by atoms with Gasteiger partial charge in [0.1, 0.15) is 19.3 Å². The molecular formula is C76H137N2O7P. The molecular weight excluding hydrogens is 1080 g/mol. The molecule has 498 valence electrons. The molecule has 0 radical (unpaired) electrons. The number of phosphoric ester groups is 1. The first-order valence-corrected chi connectivity index (χ1v) is 37.5. The largest absolute Gasteiger partial charge is 0.756 e. The minimum Gasteiger partial charge on any atom is -0.756 e. The fourth-order valence-electron chi connectivity index (χ4n) is 10.2. The molecule has 10 heteroatoms. The zero-order valence-corrected chi connectivity index (χ0v) is 57.9. The van der Waals surface area contributed by atoms with Crippen molar-refractivity contribution in [1.29, 1.82) is 0 Å².